The highest BCUT2D eigenvalue weighted by Crippen LogP contribution is 2.25. The Labute approximate surface area is 76.2 Å². The van der Waals surface area contributed by atoms with Crippen LogP contribution in [0, 0.1) is 13.8 Å². The van der Waals surface area contributed by atoms with Gasteiger partial charge in [0.2, 0.25) is 0 Å². The van der Waals surface area contributed by atoms with Crippen LogP contribution in [-0.2, 0) is 0 Å². The van der Waals surface area contributed by atoms with Crippen LogP contribution in [0.3, 0.4) is 0 Å². The van der Waals surface area contributed by atoms with Crippen molar-refractivity contribution in [2.75, 3.05) is 11.5 Å². The van der Waals surface area contributed by atoms with Crippen LogP contribution in [0.25, 0.3) is 0 Å². The SMILES string of the molecule is Cc1c(N)cc(C(=O)O)c(C)c1N. The molecule has 1 aromatic rings. The van der Waals surface area contributed by atoms with Crippen LogP contribution < -0.4 is 11.5 Å². The molecule has 0 radical (unpaired) electrons. The molecule has 1 aromatic carbocycles. The molecule has 0 spiro atoms. The Kier molecular flexibility index (Phi) is 2.14. The molecular weight excluding hydrogens is 168 g/mol. The first-order valence-electron chi connectivity index (χ1n) is 3.83. The molecule has 1 rings (SSSR count). The second kappa shape index (κ2) is 2.97. The summed E-state index contributed by atoms with van der Waals surface area (Å²) >= 11 is 0. The van der Waals surface area contributed by atoms with E-state index in [9.17, 15) is 4.79 Å². The highest BCUT2D eigenvalue weighted by atomic mass is 16.4. The Hall–Kier alpha value is -1.71. The minimum Gasteiger partial charge on any atom is -0.478 e. The van der Waals surface area contributed by atoms with Crippen LogP contribution in [0.2, 0.25) is 0 Å². The molecule has 0 heterocycles. The van der Waals surface area contributed by atoms with Crippen molar-refractivity contribution in [3.8, 4) is 0 Å². The molecule has 0 atom stereocenters. The number of carboxylic acids is 1. The third-order valence-corrected chi connectivity index (χ3v) is 2.18. The van der Waals surface area contributed by atoms with Crippen LogP contribution >= 0.6 is 0 Å². The number of anilines is 2. The minimum absolute atomic E-state index is 0.167. The number of rotatable bonds is 1. The molecule has 0 saturated heterocycles. The molecule has 70 valence electrons. The molecule has 0 aliphatic carbocycles. The first kappa shape index (κ1) is 9.38. The Balaban J connectivity index is 3.50. The molecule has 0 unspecified atom stereocenters. The summed E-state index contributed by atoms with van der Waals surface area (Å²) in [6, 6.07) is 1.43. The van der Waals surface area contributed by atoms with E-state index in [1.807, 2.05) is 0 Å². The summed E-state index contributed by atoms with van der Waals surface area (Å²) in [5.41, 5.74) is 13.6. The predicted molar refractivity (Wildman–Crippen MR) is 51.7 cm³/mol. The van der Waals surface area contributed by atoms with Gasteiger partial charge < -0.3 is 16.6 Å². The monoisotopic (exact) mass is 180 g/mol. The van der Waals surface area contributed by atoms with E-state index in [0.29, 0.717) is 16.9 Å². The summed E-state index contributed by atoms with van der Waals surface area (Å²) in [4.78, 5) is 10.7. The third-order valence-electron chi connectivity index (χ3n) is 2.18. The van der Waals surface area contributed by atoms with E-state index in [-0.39, 0.29) is 5.56 Å². The number of benzene rings is 1. The van der Waals surface area contributed by atoms with E-state index >= 15 is 0 Å². The molecule has 4 heteroatoms. The summed E-state index contributed by atoms with van der Waals surface area (Å²) in [7, 11) is 0. The highest BCUT2D eigenvalue weighted by Gasteiger charge is 2.12. The number of carboxylic acid groups (broad SMARTS) is 1. The summed E-state index contributed by atoms with van der Waals surface area (Å²) in [6.07, 6.45) is 0. The van der Waals surface area contributed by atoms with Gasteiger partial charge in [0, 0.05) is 11.4 Å². The molecule has 4 nitrogen and oxygen atoms in total. The van der Waals surface area contributed by atoms with Crippen molar-refractivity contribution in [2.24, 2.45) is 0 Å². The molecular formula is C9H12N2O2. The zero-order chi connectivity index (χ0) is 10.2. The average molecular weight is 180 g/mol. The van der Waals surface area contributed by atoms with Gasteiger partial charge in [-0.15, -0.1) is 0 Å². The topological polar surface area (TPSA) is 89.3 Å². The maximum absolute atomic E-state index is 10.7. The van der Waals surface area contributed by atoms with Crippen molar-refractivity contribution in [1.29, 1.82) is 0 Å². The fourth-order valence-corrected chi connectivity index (χ4v) is 1.18. The van der Waals surface area contributed by atoms with Crippen LogP contribution in [0.1, 0.15) is 21.5 Å². The van der Waals surface area contributed by atoms with Crippen molar-refractivity contribution in [1.82, 2.24) is 0 Å². The van der Waals surface area contributed by atoms with Crippen molar-refractivity contribution >= 4 is 17.3 Å². The van der Waals surface area contributed by atoms with Crippen LogP contribution in [0.4, 0.5) is 11.4 Å². The molecule has 0 aliphatic rings. The Morgan fingerprint density at radius 2 is 1.85 bits per heavy atom. The zero-order valence-corrected chi connectivity index (χ0v) is 7.59. The summed E-state index contributed by atoms with van der Waals surface area (Å²) in [5, 5.41) is 8.79. The van der Waals surface area contributed by atoms with Gasteiger partial charge >= 0.3 is 5.97 Å². The predicted octanol–water partition coefficient (Wildman–Crippen LogP) is 1.17. The maximum Gasteiger partial charge on any atom is 0.336 e. The fourth-order valence-electron chi connectivity index (χ4n) is 1.18. The van der Waals surface area contributed by atoms with Crippen LogP contribution in [0.15, 0.2) is 6.07 Å². The average Bonchev–Trinajstić information content (AvgIpc) is 2.07. The molecule has 0 fully saturated rings. The van der Waals surface area contributed by atoms with Gasteiger partial charge in [-0.25, -0.2) is 4.79 Å². The first-order chi connectivity index (χ1) is 5.95. The van der Waals surface area contributed by atoms with Gasteiger partial charge in [-0.2, -0.15) is 0 Å². The number of hydrogen-bond acceptors (Lipinski definition) is 3. The molecule has 0 amide bonds. The van der Waals surface area contributed by atoms with Gasteiger partial charge in [-0.3, -0.25) is 0 Å². The molecule has 13 heavy (non-hydrogen) atoms. The van der Waals surface area contributed by atoms with Crippen molar-refractivity contribution in [2.45, 2.75) is 13.8 Å². The molecule has 5 N–H and O–H groups in total. The maximum atomic E-state index is 10.7. The van der Waals surface area contributed by atoms with Crippen molar-refractivity contribution in [3.63, 3.8) is 0 Å². The quantitative estimate of drug-likeness (QED) is 0.566. The lowest BCUT2D eigenvalue weighted by Crippen LogP contribution is -2.07. The van der Waals surface area contributed by atoms with E-state index in [2.05, 4.69) is 0 Å². The Morgan fingerprint density at radius 1 is 1.31 bits per heavy atom. The minimum atomic E-state index is -1.00. The summed E-state index contributed by atoms with van der Waals surface area (Å²) < 4.78 is 0. The van der Waals surface area contributed by atoms with Gasteiger partial charge in [0.15, 0.2) is 0 Å². The van der Waals surface area contributed by atoms with E-state index in [4.69, 9.17) is 16.6 Å². The van der Waals surface area contributed by atoms with E-state index in [1.54, 1.807) is 13.8 Å². The van der Waals surface area contributed by atoms with E-state index in [0.717, 1.165) is 5.56 Å². The normalized spacial score (nSPS) is 10.0. The van der Waals surface area contributed by atoms with Gasteiger partial charge in [0.25, 0.3) is 0 Å². The summed E-state index contributed by atoms with van der Waals surface area (Å²) in [5.74, 6) is -1.00. The lowest BCUT2D eigenvalue weighted by Gasteiger charge is -2.10. The molecule has 0 aliphatic heterocycles. The number of nitrogen functional groups attached to an aromatic ring is 2. The number of hydrogen-bond donors (Lipinski definition) is 3. The number of carbonyl (C=O) groups is 1. The Morgan fingerprint density at radius 3 is 2.31 bits per heavy atom. The molecule has 0 bridgehead atoms. The van der Waals surface area contributed by atoms with Crippen LogP contribution in [-0.4, -0.2) is 11.1 Å². The highest BCUT2D eigenvalue weighted by molar-refractivity contribution is 5.93. The third kappa shape index (κ3) is 1.42. The molecule has 0 aromatic heterocycles. The van der Waals surface area contributed by atoms with Crippen molar-refractivity contribution in [3.05, 3.63) is 22.8 Å². The second-order valence-corrected chi connectivity index (χ2v) is 2.98. The van der Waals surface area contributed by atoms with Gasteiger partial charge in [-0.1, -0.05) is 0 Å². The number of nitrogens with two attached hydrogens (primary N) is 2. The summed E-state index contributed by atoms with van der Waals surface area (Å²) in [6.45, 7) is 3.44. The second-order valence-electron chi connectivity index (χ2n) is 2.98. The van der Waals surface area contributed by atoms with Gasteiger partial charge in [0.1, 0.15) is 0 Å². The number of aromatic carboxylic acids is 1. The zero-order valence-electron chi connectivity index (χ0n) is 7.59. The lowest BCUT2D eigenvalue weighted by atomic mass is 10.0. The van der Waals surface area contributed by atoms with E-state index in [1.165, 1.54) is 6.07 Å². The largest absolute Gasteiger partial charge is 0.478 e. The smallest absolute Gasteiger partial charge is 0.336 e. The first-order valence-corrected chi connectivity index (χ1v) is 3.83. The van der Waals surface area contributed by atoms with Gasteiger partial charge in [0.05, 0.1) is 5.56 Å². The molecule has 0 saturated carbocycles. The Bertz CT molecular complexity index is 372. The fraction of sp³-hybridized carbons (Fsp3) is 0.222. The standard InChI is InChI=1S/C9H12N2O2/c1-4-6(9(12)13)3-7(10)5(2)8(4)11/h3H,10-11H2,1-2H3,(H,12,13). The van der Waals surface area contributed by atoms with Crippen LogP contribution in [0.5, 0.6) is 0 Å². The van der Waals surface area contributed by atoms with E-state index < -0.39 is 5.97 Å². The van der Waals surface area contributed by atoms with Crippen molar-refractivity contribution < 1.29 is 9.90 Å². The lowest BCUT2D eigenvalue weighted by molar-refractivity contribution is 0.0696. The van der Waals surface area contributed by atoms with Gasteiger partial charge in [-0.05, 0) is 31.0 Å².